The van der Waals surface area contributed by atoms with E-state index in [1.807, 2.05) is 31.2 Å². The molecule has 0 aromatic heterocycles. The van der Waals surface area contributed by atoms with Crippen LogP contribution in [0.4, 0.5) is 11.4 Å². The van der Waals surface area contributed by atoms with Gasteiger partial charge >= 0.3 is 0 Å². The Bertz CT molecular complexity index is 883. The van der Waals surface area contributed by atoms with Crippen molar-refractivity contribution in [2.75, 3.05) is 35.8 Å². The molecule has 2 aromatic rings. The molecule has 146 valence electrons. The second kappa shape index (κ2) is 9.52. The number of carbonyl (C=O) groups is 1. The van der Waals surface area contributed by atoms with E-state index >= 15 is 0 Å². The lowest BCUT2D eigenvalue weighted by Gasteiger charge is -2.12. The minimum Gasteiger partial charge on any atom is -0.494 e. The Morgan fingerprint density at radius 1 is 1.15 bits per heavy atom. The first-order valence-electron chi connectivity index (χ1n) is 8.12. The third-order valence-corrected chi connectivity index (χ3v) is 4.89. The molecule has 2 N–H and O–H groups in total. The van der Waals surface area contributed by atoms with Crippen LogP contribution in [-0.4, -0.2) is 40.1 Å². The van der Waals surface area contributed by atoms with Crippen LogP contribution in [0, 0.1) is 0 Å². The number of rotatable bonds is 9. The summed E-state index contributed by atoms with van der Waals surface area (Å²) in [7, 11) is -1.99. The minimum absolute atomic E-state index is 0.181. The van der Waals surface area contributed by atoms with Crippen LogP contribution in [0.3, 0.4) is 0 Å². The number of hydrogen-bond donors (Lipinski definition) is 2. The van der Waals surface area contributed by atoms with E-state index in [1.54, 1.807) is 12.1 Å². The van der Waals surface area contributed by atoms with Crippen molar-refractivity contribution in [2.45, 2.75) is 11.8 Å². The maximum atomic E-state index is 12.2. The van der Waals surface area contributed by atoms with Crippen LogP contribution >= 0.6 is 11.8 Å². The molecule has 7 nitrogen and oxygen atoms in total. The first-order chi connectivity index (χ1) is 12.8. The average Bonchev–Trinajstić information content (AvgIpc) is 2.61. The highest BCUT2D eigenvalue weighted by Crippen LogP contribution is 2.29. The zero-order valence-electron chi connectivity index (χ0n) is 15.3. The lowest BCUT2D eigenvalue weighted by Crippen LogP contribution is -2.14. The smallest absolute Gasteiger partial charge is 0.234 e. The number of sulfonamides is 1. The molecule has 0 fully saturated rings. The Labute approximate surface area is 163 Å². The van der Waals surface area contributed by atoms with Crippen molar-refractivity contribution in [3.8, 4) is 11.5 Å². The van der Waals surface area contributed by atoms with Gasteiger partial charge in [-0.1, -0.05) is 0 Å². The van der Waals surface area contributed by atoms with Gasteiger partial charge in [-0.3, -0.25) is 9.52 Å². The Kier molecular flexibility index (Phi) is 7.37. The van der Waals surface area contributed by atoms with Gasteiger partial charge in [0.1, 0.15) is 11.5 Å². The van der Waals surface area contributed by atoms with Crippen LogP contribution in [-0.2, 0) is 14.8 Å². The van der Waals surface area contributed by atoms with E-state index in [4.69, 9.17) is 9.47 Å². The van der Waals surface area contributed by atoms with Crippen LogP contribution in [0.25, 0.3) is 0 Å². The molecule has 1 amide bonds. The van der Waals surface area contributed by atoms with Gasteiger partial charge in [-0.05, 0) is 43.3 Å². The number of thioether (sulfide) groups is 1. The number of hydrogen-bond acceptors (Lipinski definition) is 6. The fourth-order valence-corrected chi connectivity index (χ4v) is 3.46. The lowest BCUT2D eigenvalue weighted by molar-refractivity contribution is -0.113. The van der Waals surface area contributed by atoms with Crippen LogP contribution < -0.4 is 19.5 Å². The number of carbonyl (C=O) groups excluding carboxylic acids is 1. The fourth-order valence-electron chi connectivity index (χ4n) is 2.20. The summed E-state index contributed by atoms with van der Waals surface area (Å²) >= 11 is 1.41. The number of ether oxygens (including phenoxy) is 2. The highest BCUT2D eigenvalue weighted by atomic mass is 32.2. The van der Waals surface area contributed by atoms with E-state index < -0.39 is 10.0 Å². The van der Waals surface area contributed by atoms with Crippen molar-refractivity contribution in [3.63, 3.8) is 0 Å². The summed E-state index contributed by atoms with van der Waals surface area (Å²) in [5, 5.41) is 2.77. The van der Waals surface area contributed by atoms with Crippen LogP contribution in [0.2, 0.25) is 0 Å². The molecule has 0 radical (unpaired) electrons. The summed E-state index contributed by atoms with van der Waals surface area (Å²) in [4.78, 5) is 13.1. The SMILES string of the molecule is CCOc1ccc(SCC(=O)Nc2ccc(NS(C)(=O)=O)c(OC)c2)cc1. The predicted octanol–water partition coefficient (Wildman–Crippen LogP) is 3.20. The van der Waals surface area contributed by atoms with Gasteiger partial charge < -0.3 is 14.8 Å². The third-order valence-electron chi connectivity index (χ3n) is 3.29. The number of methoxy groups -OCH3 is 1. The van der Waals surface area contributed by atoms with E-state index in [9.17, 15) is 13.2 Å². The summed E-state index contributed by atoms with van der Waals surface area (Å²) < 4.78 is 35.6. The summed E-state index contributed by atoms with van der Waals surface area (Å²) in [6.45, 7) is 2.53. The summed E-state index contributed by atoms with van der Waals surface area (Å²) in [5.41, 5.74) is 0.824. The Morgan fingerprint density at radius 3 is 2.44 bits per heavy atom. The van der Waals surface area contributed by atoms with Crippen molar-refractivity contribution in [1.29, 1.82) is 0 Å². The van der Waals surface area contributed by atoms with Crippen molar-refractivity contribution in [1.82, 2.24) is 0 Å². The van der Waals surface area contributed by atoms with Gasteiger partial charge in [0, 0.05) is 16.6 Å². The zero-order valence-corrected chi connectivity index (χ0v) is 16.9. The second-order valence-electron chi connectivity index (χ2n) is 5.53. The van der Waals surface area contributed by atoms with Gasteiger partial charge in [0.2, 0.25) is 15.9 Å². The maximum Gasteiger partial charge on any atom is 0.234 e. The summed E-state index contributed by atoms with van der Waals surface area (Å²) in [5.74, 6) is 1.16. The number of nitrogens with one attached hydrogen (secondary N) is 2. The van der Waals surface area contributed by atoms with E-state index in [0.29, 0.717) is 23.7 Å². The van der Waals surface area contributed by atoms with Crippen molar-refractivity contribution >= 4 is 39.1 Å². The van der Waals surface area contributed by atoms with Crippen LogP contribution in [0.1, 0.15) is 6.92 Å². The van der Waals surface area contributed by atoms with E-state index in [-0.39, 0.29) is 11.7 Å². The molecule has 0 atom stereocenters. The number of benzene rings is 2. The van der Waals surface area contributed by atoms with E-state index in [0.717, 1.165) is 16.9 Å². The monoisotopic (exact) mass is 410 g/mol. The largest absolute Gasteiger partial charge is 0.494 e. The molecule has 0 aliphatic heterocycles. The van der Waals surface area contributed by atoms with Crippen LogP contribution in [0.5, 0.6) is 11.5 Å². The molecular formula is C18H22N2O5S2. The van der Waals surface area contributed by atoms with E-state index in [1.165, 1.54) is 24.9 Å². The fraction of sp³-hybridized carbons (Fsp3) is 0.278. The third kappa shape index (κ3) is 7.03. The average molecular weight is 411 g/mol. The molecule has 0 aliphatic carbocycles. The van der Waals surface area contributed by atoms with E-state index in [2.05, 4.69) is 10.0 Å². The Morgan fingerprint density at radius 2 is 1.85 bits per heavy atom. The Balaban J connectivity index is 1.94. The van der Waals surface area contributed by atoms with Gasteiger partial charge in [-0.15, -0.1) is 11.8 Å². The molecule has 2 aromatic carbocycles. The molecule has 0 heterocycles. The molecule has 27 heavy (non-hydrogen) atoms. The molecule has 0 saturated carbocycles. The van der Waals surface area contributed by atoms with Gasteiger partial charge in [0.05, 0.1) is 31.4 Å². The highest BCUT2D eigenvalue weighted by molar-refractivity contribution is 8.00. The van der Waals surface area contributed by atoms with Crippen molar-refractivity contribution in [3.05, 3.63) is 42.5 Å². The normalized spacial score (nSPS) is 10.9. The standard InChI is InChI=1S/C18H22N2O5S2/c1-4-25-14-6-8-15(9-7-14)26-12-18(21)19-13-5-10-16(17(11-13)24-2)20-27(3,22)23/h5-11,20H,4,12H2,1-3H3,(H,19,21). The van der Waals surface area contributed by atoms with Crippen molar-refractivity contribution in [2.24, 2.45) is 0 Å². The number of anilines is 2. The first-order valence-corrected chi connectivity index (χ1v) is 11.0. The first kappa shape index (κ1) is 20.9. The lowest BCUT2D eigenvalue weighted by atomic mass is 10.2. The minimum atomic E-state index is -3.42. The zero-order chi connectivity index (χ0) is 19.9. The number of amides is 1. The van der Waals surface area contributed by atoms with Gasteiger partial charge in [-0.25, -0.2) is 8.42 Å². The van der Waals surface area contributed by atoms with Crippen LogP contribution in [0.15, 0.2) is 47.4 Å². The molecule has 0 unspecified atom stereocenters. The molecule has 0 bridgehead atoms. The second-order valence-corrected chi connectivity index (χ2v) is 8.33. The highest BCUT2D eigenvalue weighted by Gasteiger charge is 2.11. The Hall–Kier alpha value is -2.39. The molecule has 9 heteroatoms. The molecule has 0 aliphatic rings. The van der Waals surface area contributed by atoms with Gasteiger partial charge in [0.25, 0.3) is 0 Å². The molecule has 0 saturated heterocycles. The van der Waals surface area contributed by atoms with Gasteiger partial charge in [-0.2, -0.15) is 0 Å². The quantitative estimate of drug-likeness (QED) is 0.617. The summed E-state index contributed by atoms with van der Waals surface area (Å²) in [6, 6.07) is 12.2. The maximum absolute atomic E-state index is 12.2. The molecule has 0 spiro atoms. The van der Waals surface area contributed by atoms with Gasteiger partial charge in [0.15, 0.2) is 0 Å². The molecule has 2 rings (SSSR count). The predicted molar refractivity (Wildman–Crippen MR) is 108 cm³/mol. The molecular weight excluding hydrogens is 388 g/mol. The summed E-state index contributed by atoms with van der Waals surface area (Å²) in [6.07, 6.45) is 1.06. The van der Waals surface area contributed by atoms with Crippen molar-refractivity contribution < 1.29 is 22.7 Å². The topological polar surface area (TPSA) is 93.7 Å².